The van der Waals surface area contributed by atoms with Crippen LogP contribution in [0, 0.1) is 5.41 Å². The Morgan fingerprint density at radius 3 is 2.61 bits per heavy atom. The van der Waals surface area contributed by atoms with E-state index in [-0.39, 0.29) is 11.5 Å². The predicted molar refractivity (Wildman–Crippen MR) is 71.0 cm³/mol. The van der Waals surface area contributed by atoms with E-state index in [1.54, 1.807) is 6.92 Å². The van der Waals surface area contributed by atoms with Crippen molar-refractivity contribution in [1.82, 2.24) is 4.98 Å². The van der Waals surface area contributed by atoms with Crippen molar-refractivity contribution >= 4 is 17.2 Å². The van der Waals surface area contributed by atoms with E-state index in [0.717, 1.165) is 11.8 Å². The summed E-state index contributed by atoms with van der Waals surface area (Å²) >= 11 is 0. The summed E-state index contributed by atoms with van der Waals surface area (Å²) in [6.45, 7) is 1.55. The molecule has 2 aromatic rings. The third-order valence-corrected chi connectivity index (χ3v) is 2.44. The fraction of sp³-hybridized carbons (Fsp3) is 0.0769. The van der Waals surface area contributed by atoms with E-state index in [2.05, 4.69) is 10.3 Å². The predicted octanol–water partition coefficient (Wildman–Crippen LogP) is 2.21. The van der Waals surface area contributed by atoms with E-state index in [0.29, 0.717) is 11.4 Å². The van der Waals surface area contributed by atoms with Crippen LogP contribution in [-0.4, -0.2) is 15.8 Å². The van der Waals surface area contributed by atoms with E-state index >= 15 is 0 Å². The average molecular weight is 243 g/mol. The molecule has 0 aliphatic rings. The SMILES string of the molecule is CC(=N)c1c(O)cc(=O)[nH]c1Nc1ccccc1. The van der Waals surface area contributed by atoms with Crippen LogP contribution in [0.5, 0.6) is 5.75 Å². The zero-order valence-electron chi connectivity index (χ0n) is 9.82. The minimum atomic E-state index is -0.420. The third kappa shape index (κ3) is 2.40. The summed E-state index contributed by atoms with van der Waals surface area (Å²) < 4.78 is 0. The summed E-state index contributed by atoms with van der Waals surface area (Å²) in [5.41, 5.74) is 0.804. The van der Waals surface area contributed by atoms with Crippen LogP contribution in [0.15, 0.2) is 41.2 Å². The summed E-state index contributed by atoms with van der Waals surface area (Å²) in [5.74, 6) is 0.114. The van der Waals surface area contributed by atoms with Crippen molar-refractivity contribution in [2.45, 2.75) is 6.92 Å². The molecule has 0 fully saturated rings. The number of nitrogens with one attached hydrogen (secondary N) is 3. The highest BCUT2D eigenvalue weighted by Crippen LogP contribution is 2.24. The Kier molecular flexibility index (Phi) is 3.14. The highest BCUT2D eigenvalue weighted by Gasteiger charge is 2.12. The zero-order chi connectivity index (χ0) is 13.1. The molecule has 0 spiro atoms. The number of anilines is 2. The van der Waals surface area contributed by atoms with Crippen LogP contribution in [0.3, 0.4) is 0 Å². The van der Waals surface area contributed by atoms with Gasteiger partial charge in [-0.3, -0.25) is 4.79 Å². The molecule has 1 aromatic carbocycles. The molecule has 0 amide bonds. The van der Waals surface area contributed by atoms with E-state index in [1.807, 2.05) is 30.3 Å². The van der Waals surface area contributed by atoms with Crippen LogP contribution in [0.1, 0.15) is 12.5 Å². The van der Waals surface area contributed by atoms with Gasteiger partial charge in [0.1, 0.15) is 11.6 Å². The van der Waals surface area contributed by atoms with E-state index < -0.39 is 5.56 Å². The highest BCUT2D eigenvalue weighted by atomic mass is 16.3. The molecule has 92 valence electrons. The summed E-state index contributed by atoms with van der Waals surface area (Å²) in [7, 11) is 0. The summed E-state index contributed by atoms with van der Waals surface area (Å²) in [6, 6.07) is 10.3. The van der Waals surface area contributed by atoms with Gasteiger partial charge in [0.15, 0.2) is 0 Å². The summed E-state index contributed by atoms with van der Waals surface area (Å²) in [6.07, 6.45) is 0. The second-order valence-electron chi connectivity index (χ2n) is 3.88. The number of hydrogen-bond donors (Lipinski definition) is 4. The summed E-state index contributed by atoms with van der Waals surface area (Å²) in [4.78, 5) is 13.9. The molecule has 2 rings (SSSR count). The van der Waals surface area contributed by atoms with Crippen molar-refractivity contribution in [2.24, 2.45) is 0 Å². The first-order chi connectivity index (χ1) is 8.58. The Morgan fingerprint density at radius 2 is 2.00 bits per heavy atom. The van der Waals surface area contributed by atoms with Gasteiger partial charge in [0.2, 0.25) is 0 Å². The fourth-order valence-corrected chi connectivity index (χ4v) is 1.69. The Hall–Kier alpha value is -2.56. The average Bonchev–Trinajstić information content (AvgIpc) is 2.28. The van der Waals surface area contributed by atoms with Crippen molar-refractivity contribution in [3.8, 4) is 5.75 Å². The number of benzene rings is 1. The molecule has 0 aliphatic carbocycles. The topological polar surface area (TPSA) is 89.0 Å². The zero-order valence-corrected chi connectivity index (χ0v) is 9.82. The van der Waals surface area contributed by atoms with Crippen LogP contribution in [0.2, 0.25) is 0 Å². The number of H-pyrrole nitrogens is 1. The van der Waals surface area contributed by atoms with Gasteiger partial charge in [-0.1, -0.05) is 18.2 Å². The standard InChI is InChI=1S/C13H13N3O2/c1-8(14)12-10(17)7-11(18)16-13(12)15-9-5-3-2-4-6-9/h2-7,14H,1H3,(H3,15,16,17,18). The number of aromatic nitrogens is 1. The number of pyridine rings is 1. The highest BCUT2D eigenvalue weighted by molar-refractivity contribution is 6.03. The van der Waals surface area contributed by atoms with Gasteiger partial charge in [-0.25, -0.2) is 0 Å². The second-order valence-corrected chi connectivity index (χ2v) is 3.88. The second kappa shape index (κ2) is 4.75. The molecule has 0 saturated carbocycles. The van der Waals surface area contributed by atoms with Crippen molar-refractivity contribution < 1.29 is 5.11 Å². The van der Waals surface area contributed by atoms with Crippen molar-refractivity contribution in [1.29, 1.82) is 5.41 Å². The van der Waals surface area contributed by atoms with Gasteiger partial charge in [-0.2, -0.15) is 0 Å². The number of aromatic hydroxyl groups is 1. The lowest BCUT2D eigenvalue weighted by Crippen LogP contribution is -2.12. The molecule has 1 aromatic heterocycles. The Balaban J connectivity index is 2.50. The molecule has 0 unspecified atom stereocenters. The first-order valence-corrected chi connectivity index (χ1v) is 5.42. The van der Waals surface area contributed by atoms with Crippen LogP contribution in [-0.2, 0) is 0 Å². The summed E-state index contributed by atoms with van der Waals surface area (Å²) in [5, 5.41) is 20.3. The van der Waals surface area contributed by atoms with E-state index in [4.69, 9.17) is 5.41 Å². The lowest BCUT2D eigenvalue weighted by Gasteiger charge is -2.12. The largest absolute Gasteiger partial charge is 0.507 e. The lowest BCUT2D eigenvalue weighted by atomic mass is 10.1. The van der Waals surface area contributed by atoms with Gasteiger partial charge in [0.25, 0.3) is 5.56 Å². The quantitative estimate of drug-likeness (QED) is 0.623. The Morgan fingerprint density at radius 1 is 1.33 bits per heavy atom. The number of hydrogen-bond acceptors (Lipinski definition) is 4. The molecule has 0 aliphatic heterocycles. The maximum absolute atomic E-state index is 11.4. The van der Waals surface area contributed by atoms with Crippen molar-refractivity contribution in [3.05, 3.63) is 52.3 Å². The van der Waals surface area contributed by atoms with Gasteiger partial charge in [0.05, 0.1) is 5.56 Å². The molecular formula is C13H13N3O2. The molecule has 4 N–H and O–H groups in total. The number of rotatable bonds is 3. The fourth-order valence-electron chi connectivity index (χ4n) is 1.69. The molecule has 18 heavy (non-hydrogen) atoms. The maximum Gasteiger partial charge on any atom is 0.253 e. The number of aromatic amines is 1. The van der Waals surface area contributed by atoms with Gasteiger partial charge in [0, 0.05) is 17.5 Å². The Labute approximate surface area is 104 Å². The minimum absolute atomic E-state index is 0.169. The lowest BCUT2D eigenvalue weighted by molar-refractivity contribution is 0.473. The molecule has 5 nitrogen and oxygen atoms in total. The van der Waals surface area contributed by atoms with Gasteiger partial charge in [-0.05, 0) is 19.1 Å². The minimum Gasteiger partial charge on any atom is -0.507 e. The Bertz CT molecular complexity index is 632. The van der Waals surface area contributed by atoms with Crippen LogP contribution >= 0.6 is 0 Å². The third-order valence-electron chi connectivity index (χ3n) is 2.44. The smallest absolute Gasteiger partial charge is 0.253 e. The van der Waals surface area contributed by atoms with Crippen molar-refractivity contribution in [3.63, 3.8) is 0 Å². The molecule has 0 bridgehead atoms. The number of para-hydroxylation sites is 1. The molecule has 0 saturated heterocycles. The van der Waals surface area contributed by atoms with E-state index in [1.165, 1.54) is 0 Å². The molecule has 0 atom stereocenters. The molecule has 5 heteroatoms. The first-order valence-electron chi connectivity index (χ1n) is 5.42. The van der Waals surface area contributed by atoms with Crippen molar-refractivity contribution in [2.75, 3.05) is 5.32 Å². The van der Waals surface area contributed by atoms with Gasteiger partial charge < -0.3 is 20.8 Å². The molecule has 0 radical (unpaired) electrons. The molecular weight excluding hydrogens is 230 g/mol. The van der Waals surface area contributed by atoms with E-state index in [9.17, 15) is 9.90 Å². The monoisotopic (exact) mass is 243 g/mol. The molecule has 1 heterocycles. The van der Waals surface area contributed by atoms with Gasteiger partial charge in [-0.15, -0.1) is 0 Å². The van der Waals surface area contributed by atoms with Gasteiger partial charge >= 0.3 is 0 Å². The first kappa shape index (κ1) is 11.9. The normalized spacial score (nSPS) is 10.1. The maximum atomic E-state index is 11.4. The van der Waals surface area contributed by atoms with Crippen LogP contribution in [0.4, 0.5) is 11.5 Å². The van der Waals surface area contributed by atoms with Crippen LogP contribution < -0.4 is 10.9 Å². The van der Waals surface area contributed by atoms with Crippen LogP contribution in [0.25, 0.3) is 0 Å².